The highest BCUT2D eigenvalue weighted by molar-refractivity contribution is 6.18. The molecule has 0 aliphatic carbocycles. The Balaban J connectivity index is 1.83. The largest absolute Gasteiger partial charge is 0.492 e. The fraction of sp³-hybridized carbons (Fsp3) is 0.286. The maximum absolute atomic E-state index is 6.00. The predicted octanol–water partition coefficient (Wildman–Crippen LogP) is 7.21. The van der Waals surface area contributed by atoms with Crippen molar-refractivity contribution in [1.29, 1.82) is 0 Å². The van der Waals surface area contributed by atoms with E-state index in [1.807, 2.05) is 0 Å². The van der Waals surface area contributed by atoms with Crippen LogP contribution in [0, 0.1) is 0 Å². The van der Waals surface area contributed by atoms with Gasteiger partial charge in [0.05, 0.1) is 0 Å². The van der Waals surface area contributed by atoms with Gasteiger partial charge in [0.2, 0.25) is 0 Å². The maximum atomic E-state index is 6.00. The molecule has 4 heteroatoms. The second kappa shape index (κ2) is 13.3. The third kappa shape index (κ3) is 6.87. The molecule has 0 amide bonds. The summed E-state index contributed by atoms with van der Waals surface area (Å²) >= 11 is 11.8. The zero-order chi connectivity index (χ0) is 22.6. The summed E-state index contributed by atoms with van der Waals surface area (Å²) in [5, 5.41) is 0. The molecule has 32 heavy (non-hydrogen) atoms. The summed E-state index contributed by atoms with van der Waals surface area (Å²) in [5.41, 5.74) is 6.27. The molecule has 0 atom stereocenters. The van der Waals surface area contributed by atoms with Crippen LogP contribution in [0.1, 0.15) is 30.0 Å². The first-order chi connectivity index (χ1) is 15.8. The molecule has 2 nitrogen and oxygen atoms in total. The highest BCUT2D eigenvalue weighted by Gasteiger charge is 2.13. The van der Waals surface area contributed by atoms with E-state index < -0.39 is 0 Å². The van der Waals surface area contributed by atoms with E-state index in [2.05, 4.69) is 96.8 Å². The first-order valence-electron chi connectivity index (χ1n) is 11.2. The molecule has 3 aromatic carbocycles. The Morgan fingerprint density at radius 3 is 1.75 bits per heavy atom. The Bertz CT molecular complexity index is 950. The van der Waals surface area contributed by atoms with Crippen molar-refractivity contribution in [3.63, 3.8) is 0 Å². The molecule has 0 aliphatic rings. The van der Waals surface area contributed by atoms with Crippen LogP contribution in [-0.4, -0.2) is 42.9 Å². The normalized spacial score (nSPS) is 12.0. The van der Waals surface area contributed by atoms with Crippen molar-refractivity contribution >= 4 is 34.3 Å². The van der Waals surface area contributed by atoms with E-state index >= 15 is 0 Å². The van der Waals surface area contributed by atoms with Gasteiger partial charge in [-0.2, -0.15) is 0 Å². The lowest BCUT2D eigenvalue weighted by molar-refractivity contribution is 0.224. The van der Waals surface area contributed by atoms with Gasteiger partial charge < -0.3 is 4.74 Å². The Labute approximate surface area is 202 Å². The van der Waals surface area contributed by atoms with Gasteiger partial charge in [-0.1, -0.05) is 79.7 Å². The number of rotatable bonds is 12. The number of hydrogen-bond donors (Lipinski definition) is 0. The fourth-order valence-corrected chi connectivity index (χ4v) is 4.35. The van der Waals surface area contributed by atoms with Crippen molar-refractivity contribution in [3.05, 3.63) is 102 Å². The summed E-state index contributed by atoms with van der Waals surface area (Å²) in [7, 11) is 0. The molecule has 0 saturated carbocycles. The third-order valence-corrected chi connectivity index (χ3v) is 5.80. The van der Waals surface area contributed by atoms with E-state index in [1.165, 1.54) is 27.8 Å². The second-order valence-corrected chi connectivity index (χ2v) is 8.29. The number of nitrogens with zero attached hydrogens (tertiary/aromatic N) is 1. The molecule has 0 radical (unpaired) electrons. The number of benzene rings is 3. The van der Waals surface area contributed by atoms with Gasteiger partial charge in [-0.15, -0.1) is 23.2 Å². The SMILES string of the molecule is CC/C(=C(\c1ccccc1)c1ccc(OCCN(CCCl)CCCl)cc1)c1ccccc1. The van der Waals surface area contributed by atoms with E-state index in [0.717, 1.165) is 31.8 Å². The van der Waals surface area contributed by atoms with E-state index in [9.17, 15) is 0 Å². The zero-order valence-corrected chi connectivity index (χ0v) is 20.2. The smallest absolute Gasteiger partial charge is 0.119 e. The number of halogens is 2. The van der Waals surface area contributed by atoms with Gasteiger partial charge in [0.1, 0.15) is 12.4 Å². The molecule has 0 aromatic heterocycles. The quantitative estimate of drug-likeness (QED) is 0.206. The Kier molecular flexibility index (Phi) is 10.2. The van der Waals surface area contributed by atoms with Gasteiger partial charge in [0.25, 0.3) is 0 Å². The van der Waals surface area contributed by atoms with Gasteiger partial charge in [0, 0.05) is 31.4 Å². The molecule has 0 spiro atoms. The minimum Gasteiger partial charge on any atom is -0.492 e. The third-order valence-electron chi connectivity index (χ3n) is 5.46. The number of allylic oxidation sites excluding steroid dienone is 1. The topological polar surface area (TPSA) is 12.5 Å². The fourth-order valence-electron chi connectivity index (χ4n) is 3.87. The van der Waals surface area contributed by atoms with Gasteiger partial charge in [-0.05, 0) is 46.4 Å². The monoisotopic (exact) mass is 467 g/mol. The van der Waals surface area contributed by atoms with E-state index in [0.29, 0.717) is 18.4 Å². The first-order valence-corrected chi connectivity index (χ1v) is 12.2. The van der Waals surface area contributed by atoms with Crippen molar-refractivity contribution in [2.24, 2.45) is 0 Å². The molecular formula is C28H31Cl2NO. The summed E-state index contributed by atoms with van der Waals surface area (Å²) in [5.74, 6) is 2.07. The molecule has 0 saturated heterocycles. The van der Waals surface area contributed by atoms with E-state index in [4.69, 9.17) is 27.9 Å². The molecule has 3 rings (SSSR count). The first kappa shape index (κ1) is 24.4. The van der Waals surface area contributed by atoms with Gasteiger partial charge in [0.15, 0.2) is 0 Å². The maximum Gasteiger partial charge on any atom is 0.119 e. The standard InChI is InChI=1S/C28H31Cl2NO/c1-2-27(23-9-5-3-6-10-23)28(24-11-7-4-8-12-24)25-13-15-26(16-14-25)32-22-21-31(19-17-29)20-18-30/h3-16H,2,17-22H2,1H3/b28-27-. The number of alkyl halides is 2. The second-order valence-electron chi connectivity index (χ2n) is 7.53. The highest BCUT2D eigenvalue weighted by Crippen LogP contribution is 2.34. The van der Waals surface area contributed by atoms with Crippen LogP contribution in [0.5, 0.6) is 5.75 Å². The van der Waals surface area contributed by atoms with Crippen LogP contribution in [0.15, 0.2) is 84.9 Å². The van der Waals surface area contributed by atoms with Crippen molar-refractivity contribution in [2.75, 3.05) is 38.0 Å². The van der Waals surface area contributed by atoms with Crippen LogP contribution in [0.3, 0.4) is 0 Å². The molecule has 3 aromatic rings. The van der Waals surface area contributed by atoms with Crippen molar-refractivity contribution < 1.29 is 4.74 Å². The van der Waals surface area contributed by atoms with Crippen molar-refractivity contribution in [3.8, 4) is 5.75 Å². The summed E-state index contributed by atoms with van der Waals surface area (Å²) in [4.78, 5) is 2.22. The Morgan fingerprint density at radius 1 is 0.688 bits per heavy atom. The van der Waals surface area contributed by atoms with E-state index in [-0.39, 0.29) is 0 Å². The number of hydrogen-bond acceptors (Lipinski definition) is 2. The van der Waals surface area contributed by atoms with Crippen LogP contribution >= 0.6 is 23.2 Å². The van der Waals surface area contributed by atoms with Crippen LogP contribution in [0.2, 0.25) is 0 Å². The molecule has 0 N–H and O–H groups in total. The summed E-state index contributed by atoms with van der Waals surface area (Å²) in [6.45, 7) is 5.28. The number of ether oxygens (including phenoxy) is 1. The lowest BCUT2D eigenvalue weighted by atomic mass is 9.88. The van der Waals surface area contributed by atoms with Crippen LogP contribution < -0.4 is 4.74 Å². The summed E-state index contributed by atoms with van der Waals surface area (Å²) < 4.78 is 6.00. The molecule has 0 bridgehead atoms. The average molecular weight is 468 g/mol. The van der Waals surface area contributed by atoms with Crippen molar-refractivity contribution in [2.45, 2.75) is 13.3 Å². The lowest BCUT2D eigenvalue weighted by Gasteiger charge is -2.20. The Morgan fingerprint density at radius 2 is 1.22 bits per heavy atom. The van der Waals surface area contributed by atoms with E-state index in [1.54, 1.807) is 0 Å². The lowest BCUT2D eigenvalue weighted by Crippen LogP contribution is -2.32. The summed E-state index contributed by atoms with van der Waals surface area (Å²) in [6, 6.07) is 29.7. The van der Waals surface area contributed by atoms with Crippen LogP contribution in [0.4, 0.5) is 0 Å². The minimum atomic E-state index is 0.599. The van der Waals surface area contributed by atoms with Gasteiger partial charge in [-0.3, -0.25) is 4.90 Å². The van der Waals surface area contributed by atoms with Gasteiger partial charge in [-0.25, -0.2) is 0 Å². The van der Waals surface area contributed by atoms with Crippen LogP contribution in [0.25, 0.3) is 11.1 Å². The van der Waals surface area contributed by atoms with Crippen LogP contribution in [-0.2, 0) is 0 Å². The molecule has 0 unspecified atom stereocenters. The molecular weight excluding hydrogens is 437 g/mol. The molecule has 0 aliphatic heterocycles. The predicted molar refractivity (Wildman–Crippen MR) is 139 cm³/mol. The highest BCUT2D eigenvalue weighted by atomic mass is 35.5. The molecule has 0 fully saturated rings. The summed E-state index contributed by atoms with van der Waals surface area (Å²) in [6.07, 6.45) is 0.948. The zero-order valence-electron chi connectivity index (χ0n) is 18.6. The van der Waals surface area contributed by atoms with Crippen molar-refractivity contribution in [1.82, 2.24) is 4.90 Å². The Hall–Kier alpha value is -2.26. The van der Waals surface area contributed by atoms with Gasteiger partial charge >= 0.3 is 0 Å². The molecule has 168 valence electrons. The molecule has 0 heterocycles. The average Bonchev–Trinajstić information content (AvgIpc) is 2.84. The minimum absolute atomic E-state index is 0.599.